The number of esters is 1. The molecule has 1 aliphatic rings. The monoisotopic (exact) mass is 365 g/mol. The summed E-state index contributed by atoms with van der Waals surface area (Å²) in [6.07, 6.45) is -4.81. The summed E-state index contributed by atoms with van der Waals surface area (Å²) in [6, 6.07) is 2.68. The molecule has 0 aromatic heterocycles. The summed E-state index contributed by atoms with van der Waals surface area (Å²) in [5.41, 5.74) is -1.46. The molecule has 0 spiro atoms. The first-order chi connectivity index (χ1) is 11.2. The molecule has 0 bridgehead atoms. The van der Waals surface area contributed by atoms with E-state index in [1.54, 1.807) is 6.92 Å². The first-order valence-electron chi connectivity index (χ1n) is 7.11. The Morgan fingerprint density at radius 2 is 2.12 bits per heavy atom. The third-order valence-corrected chi connectivity index (χ3v) is 3.76. The molecule has 0 N–H and O–H groups in total. The van der Waals surface area contributed by atoms with Gasteiger partial charge in [-0.3, -0.25) is 4.79 Å². The van der Waals surface area contributed by atoms with Gasteiger partial charge in [-0.05, 0) is 25.1 Å². The zero-order chi connectivity index (χ0) is 17.9. The number of rotatable bonds is 3. The smallest absolute Gasteiger partial charge is 0.417 e. The van der Waals surface area contributed by atoms with Gasteiger partial charge in [0.05, 0.1) is 28.9 Å². The fourth-order valence-electron chi connectivity index (χ4n) is 2.22. The molecule has 5 nitrogen and oxygen atoms in total. The highest BCUT2D eigenvalue weighted by molar-refractivity contribution is 6.31. The first-order valence-corrected chi connectivity index (χ1v) is 7.49. The molecule has 1 aromatic rings. The highest BCUT2D eigenvalue weighted by Crippen LogP contribution is 2.35. The van der Waals surface area contributed by atoms with Crippen LogP contribution in [0.15, 0.2) is 18.2 Å². The van der Waals surface area contributed by atoms with Gasteiger partial charge in [0.25, 0.3) is 5.91 Å². The van der Waals surface area contributed by atoms with E-state index in [0.717, 1.165) is 12.1 Å². The average molecular weight is 366 g/mol. The van der Waals surface area contributed by atoms with Gasteiger partial charge in [-0.2, -0.15) is 13.2 Å². The highest BCUT2D eigenvalue weighted by atomic mass is 35.5. The van der Waals surface area contributed by atoms with Crippen LogP contribution in [0.3, 0.4) is 0 Å². The summed E-state index contributed by atoms with van der Waals surface area (Å²) in [4.78, 5) is 25.3. The lowest BCUT2D eigenvalue weighted by molar-refractivity contribution is -0.141. The van der Waals surface area contributed by atoms with Crippen molar-refractivity contribution in [2.75, 3.05) is 26.3 Å². The van der Waals surface area contributed by atoms with E-state index in [2.05, 4.69) is 0 Å². The maximum absolute atomic E-state index is 12.8. The number of amides is 1. The lowest BCUT2D eigenvalue weighted by atomic mass is 10.1. The third-order valence-electron chi connectivity index (χ3n) is 3.43. The van der Waals surface area contributed by atoms with E-state index in [0.29, 0.717) is 25.8 Å². The Hall–Kier alpha value is -1.80. The Morgan fingerprint density at radius 1 is 1.42 bits per heavy atom. The van der Waals surface area contributed by atoms with E-state index in [9.17, 15) is 22.8 Å². The molecule has 1 unspecified atom stereocenters. The molecule has 1 atom stereocenters. The van der Waals surface area contributed by atoms with Crippen molar-refractivity contribution in [1.29, 1.82) is 0 Å². The summed E-state index contributed by atoms with van der Waals surface area (Å²) in [7, 11) is 0. The zero-order valence-electron chi connectivity index (χ0n) is 12.7. The van der Waals surface area contributed by atoms with Crippen molar-refractivity contribution in [2.45, 2.75) is 19.2 Å². The van der Waals surface area contributed by atoms with Crippen LogP contribution in [0, 0.1) is 0 Å². The number of halogens is 4. The molecule has 24 heavy (non-hydrogen) atoms. The number of ether oxygens (including phenoxy) is 2. The SMILES string of the molecule is CC1CN(C(=O)COC(=O)c2ccc(Cl)c(C(F)(F)F)c2)CCO1. The summed E-state index contributed by atoms with van der Waals surface area (Å²) < 4.78 is 48.4. The van der Waals surface area contributed by atoms with Gasteiger partial charge in [0.15, 0.2) is 6.61 Å². The number of carbonyl (C=O) groups is 2. The quantitative estimate of drug-likeness (QED) is 0.773. The number of benzene rings is 1. The maximum atomic E-state index is 12.8. The van der Waals surface area contributed by atoms with Crippen molar-refractivity contribution in [3.05, 3.63) is 34.3 Å². The second-order valence-electron chi connectivity index (χ2n) is 5.29. The fourth-order valence-corrected chi connectivity index (χ4v) is 2.44. The number of morpholine rings is 1. The van der Waals surface area contributed by atoms with E-state index in [1.807, 2.05) is 0 Å². The number of hydrogen-bond acceptors (Lipinski definition) is 4. The molecule has 1 aromatic carbocycles. The van der Waals surface area contributed by atoms with Gasteiger partial charge in [-0.15, -0.1) is 0 Å². The molecule has 1 aliphatic heterocycles. The van der Waals surface area contributed by atoms with Gasteiger partial charge in [-0.25, -0.2) is 4.79 Å². The molecule has 0 radical (unpaired) electrons. The van der Waals surface area contributed by atoms with Crippen molar-refractivity contribution < 1.29 is 32.2 Å². The molecular formula is C15H15ClF3NO4. The van der Waals surface area contributed by atoms with Crippen LogP contribution in [-0.2, 0) is 20.4 Å². The van der Waals surface area contributed by atoms with Crippen LogP contribution >= 0.6 is 11.6 Å². The van der Waals surface area contributed by atoms with Crippen molar-refractivity contribution >= 4 is 23.5 Å². The summed E-state index contributed by atoms with van der Waals surface area (Å²) in [5.74, 6) is -1.45. The van der Waals surface area contributed by atoms with Crippen LogP contribution in [0.2, 0.25) is 5.02 Å². The van der Waals surface area contributed by atoms with Gasteiger partial charge in [0.1, 0.15) is 0 Å². The van der Waals surface area contributed by atoms with E-state index >= 15 is 0 Å². The topological polar surface area (TPSA) is 55.8 Å². The van der Waals surface area contributed by atoms with Crippen molar-refractivity contribution in [1.82, 2.24) is 4.90 Å². The van der Waals surface area contributed by atoms with Gasteiger partial charge in [0.2, 0.25) is 0 Å². The average Bonchev–Trinajstić information content (AvgIpc) is 2.51. The van der Waals surface area contributed by atoms with Gasteiger partial charge < -0.3 is 14.4 Å². The van der Waals surface area contributed by atoms with Crippen molar-refractivity contribution in [2.24, 2.45) is 0 Å². The largest absolute Gasteiger partial charge is 0.452 e. The molecule has 0 saturated carbocycles. The Kier molecular flexibility index (Phi) is 5.71. The van der Waals surface area contributed by atoms with Crippen molar-refractivity contribution in [3.63, 3.8) is 0 Å². The minimum Gasteiger partial charge on any atom is -0.452 e. The Bertz CT molecular complexity index is 636. The maximum Gasteiger partial charge on any atom is 0.417 e. The molecule has 1 fully saturated rings. The first kappa shape index (κ1) is 18.5. The van der Waals surface area contributed by atoms with Gasteiger partial charge in [-0.1, -0.05) is 11.6 Å². The Balaban J connectivity index is 1.99. The normalized spacial score (nSPS) is 18.4. The van der Waals surface area contributed by atoms with Gasteiger partial charge >= 0.3 is 12.1 Å². The summed E-state index contributed by atoms with van der Waals surface area (Å²) in [6.45, 7) is 2.38. The standard InChI is InChI=1S/C15H15ClF3NO4/c1-9-7-20(4-5-23-9)13(21)8-24-14(22)10-2-3-12(16)11(6-10)15(17,18)19/h2-3,6,9H,4-5,7-8H2,1H3. The van der Waals surface area contributed by atoms with Crippen molar-refractivity contribution in [3.8, 4) is 0 Å². The Morgan fingerprint density at radius 3 is 2.75 bits per heavy atom. The van der Waals surface area contributed by atoms with Gasteiger partial charge in [0, 0.05) is 13.1 Å². The second kappa shape index (κ2) is 7.40. The van der Waals surface area contributed by atoms with E-state index in [1.165, 1.54) is 4.90 Å². The second-order valence-corrected chi connectivity index (χ2v) is 5.70. The van der Waals surface area contributed by atoms with Crippen LogP contribution in [0.25, 0.3) is 0 Å². The van der Waals surface area contributed by atoms with Crippen LogP contribution in [0.1, 0.15) is 22.8 Å². The van der Waals surface area contributed by atoms with E-state index in [-0.39, 0.29) is 11.7 Å². The van der Waals surface area contributed by atoms with Crippen LogP contribution in [-0.4, -0.2) is 49.2 Å². The number of nitrogens with zero attached hydrogens (tertiary/aromatic N) is 1. The number of carbonyl (C=O) groups excluding carboxylic acids is 2. The predicted molar refractivity (Wildman–Crippen MR) is 78.7 cm³/mol. The molecule has 2 rings (SSSR count). The summed E-state index contributed by atoms with van der Waals surface area (Å²) in [5, 5.41) is -0.516. The number of hydrogen-bond donors (Lipinski definition) is 0. The van der Waals surface area contributed by atoms with Crippen LogP contribution in [0.5, 0.6) is 0 Å². The molecule has 1 heterocycles. The van der Waals surface area contributed by atoms with Crippen LogP contribution in [0.4, 0.5) is 13.2 Å². The lowest BCUT2D eigenvalue weighted by Gasteiger charge is -2.30. The summed E-state index contributed by atoms with van der Waals surface area (Å²) >= 11 is 5.48. The molecular weight excluding hydrogens is 351 g/mol. The molecule has 1 saturated heterocycles. The minimum absolute atomic E-state index is 0.121. The molecule has 1 amide bonds. The molecule has 9 heteroatoms. The fraction of sp³-hybridized carbons (Fsp3) is 0.467. The molecule has 0 aliphatic carbocycles. The number of alkyl halides is 3. The lowest BCUT2D eigenvalue weighted by Crippen LogP contribution is -2.46. The zero-order valence-corrected chi connectivity index (χ0v) is 13.5. The van der Waals surface area contributed by atoms with E-state index < -0.39 is 35.2 Å². The molecule has 132 valence electrons. The predicted octanol–water partition coefficient (Wildman–Crippen LogP) is 2.76. The minimum atomic E-state index is -4.69. The van der Waals surface area contributed by atoms with Crippen LogP contribution < -0.4 is 0 Å². The highest BCUT2D eigenvalue weighted by Gasteiger charge is 2.34. The third kappa shape index (κ3) is 4.61. The Labute approximate surface area is 141 Å². The van der Waals surface area contributed by atoms with E-state index in [4.69, 9.17) is 21.1 Å².